The van der Waals surface area contributed by atoms with Gasteiger partial charge in [0.2, 0.25) is 5.88 Å². The minimum Gasteiger partial charge on any atom is -0.439 e. The van der Waals surface area contributed by atoms with E-state index in [2.05, 4.69) is 14.7 Å². The van der Waals surface area contributed by atoms with Crippen LogP contribution in [0.1, 0.15) is 16.1 Å². The van der Waals surface area contributed by atoms with E-state index in [1.807, 2.05) is 25.1 Å². The van der Waals surface area contributed by atoms with Gasteiger partial charge in [0.25, 0.3) is 5.91 Å². The Morgan fingerprint density at radius 1 is 1.18 bits per heavy atom. The maximum absolute atomic E-state index is 12.2. The van der Waals surface area contributed by atoms with Gasteiger partial charge < -0.3 is 10.1 Å². The van der Waals surface area contributed by atoms with Gasteiger partial charge >= 0.3 is 0 Å². The highest BCUT2D eigenvalue weighted by Crippen LogP contribution is 2.21. The fourth-order valence-corrected chi connectivity index (χ4v) is 2.49. The van der Waals surface area contributed by atoms with Crippen LogP contribution in [-0.2, 0) is 0 Å². The Morgan fingerprint density at radius 2 is 2.09 bits per heavy atom. The highest BCUT2D eigenvalue weighted by molar-refractivity contribution is 7.10. The summed E-state index contributed by atoms with van der Waals surface area (Å²) in [5.41, 5.74) is 1.40. The lowest BCUT2D eigenvalue weighted by atomic mass is 10.2. The van der Waals surface area contributed by atoms with Gasteiger partial charge in [-0.05, 0) is 48.8 Å². The molecule has 22 heavy (non-hydrogen) atoms. The second-order valence-corrected chi connectivity index (χ2v) is 5.39. The number of nitrogens with one attached hydrogen (secondary N) is 1. The predicted molar refractivity (Wildman–Crippen MR) is 85.6 cm³/mol. The number of aryl methyl sites for hydroxylation is 1. The number of benzene rings is 1. The number of carbonyl (C=O) groups is 1. The highest BCUT2D eigenvalue weighted by atomic mass is 32.1. The van der Waals surface area contributed by atoms with Gasteiger partial charge in [0.15, 0.2) is 0 Å². The number of nitrogens with zero attached hydrogens (tertiary/aromatic N) is 2. The van der Waals surface area contributed by atoms with Crippen molar-refractivity contribution in [1.82, 2.24) is 9.36 Å². The molecule has 1 amide bonds. The van der Waals surface area contributed by atoms with Crippen LogP contribution in [0.3, 0.4) is 0 Å². The summed E-state index contributed by atoms with van der Waals surface area (Å²) in [4.78, 5) is 16.3. The van der Waals surface area contributed by atoms with Gasteiger partial charge in [-0.3, -0.25) is 4.79 Å². The van der Waals surface area contributed by atoms with Crippen molar-refractivity contribution in [2.45, 2.75) is 6.92 Å². The summed E-state index contributed by atoms with van der Waals surface area (Å²) >= 11 is 1.26. The summed E-state index contributed by atoms with van der Waals surface area (Å²) in [6, 6.07) is 14.2. The van der Waals surface area contributed by atoms with Gasteiger partial charge in [0, 0.05) is 17.8 Å². The van der Waals surface area contributed by atoms with E-state index in [0.717, 1.165) is 10.7 Å². The fourth-order valence-electron chi connectivity index (χ4n) is 1.84. The van der Waals surface area contributed by atoms with E-state index in [1.165, 1.54) is 11.5 Å². The first-order valence-electron chi connectivity index (χ1n) is 6.64. The van der Waals surface area contributed by atoms with Crippen molar-refractivity contribution in [2.75, 3.05) is 5.32 Å². The number of pyridine rings is 1. The molecule has 0 saturated carbocycles. The van der Waals surface area contributed by atoms with Crippen molar-refractivity contribution in [3.05, 3.63) is 66.0 Å². The zero-order valence-corrected chi connectivity index (χ0v) is 12.6. The first-order chi connectivity index (χ1) is 10.7. The standard InChI is InChI=1S/C16H13N3O2S/c1-11-9-15(22-19-11)18-16(20)12-5-4-6-13(10-12)21-14-7-2-3-8-17-14/h2-10H,1H3,(H,18,20). The fraction of sp³-hybridized carbons (Fsp3) is 0.0625. The Hall–Kier alpha value is -2.73. The Morgan fingerprint density at radius 3 is 2.82 bits per heavy atom. The molecule has 110 valence electrons. The van der Waals surface area contributed by atoms with Gasteiger partial charge in [-0.1, -0.05) is 12.1 Å². The van der Waals surface area contributed by atoms with Crippen molar-refractivity contribution in [3.8, 4) is 11.6 Å². The SMILES string of the molecule is Cc1cc(NC(=O)c2cccc(Oc3ccccn3)c2)sn1. The summed E-state index contributed by atoms with van der Waals surface area (Å²) in [7, 11) is 0. The van der Waals surface area contributed by atoms with Crippen LogP contribution >= 0.6 is 11.5 Å². The average molecular weight is 311 g/mol. The lowest BCUT2D eigenvalue weighted by Gasteiger charge is -2.06. The molecule has 2 heterocycles. The summed E-state index contributed by atoms with van der Waals surface area (Å²) in [5, 5.41) is 3.54. The van der Waals surface area contributed by atoms with Crippen LogP contribution < -0.4 is 10.1 Å². The van der Waals surface area contributed by atoms with E-state index in [1.54, 1.807) is 36.5 Å². The first-order valence-corrected chi connectivity index (χ1v) is 7.42. The molecule has 0 atom stereocenters. The molecule has 0 aliphatic rings. The molecule has 1 N–H and O–H groups in total. The van der Waals surface area contributed by atoms with Crippen LogP contribution in [0.15, 0.2) is 54.7 Å². The summed E-state index contributed by atoms with van der Waals surface area (Å²) in [5.74, 6) is 0.847. The summed E-state index contributed by atoms with van der Waals surface area (Å²) < 4.78 is 9.75. The Balaban J connectivity index is 1.74. The van der Waals surface area contributed by atoms with Gasteiger partial charge in [0.05, 0.1) is 5.69 Å². The maximum Gasteiger partial charge on any atom is 0.256 e. The lowest BCUT2D eigenvalue weighted by Crippen LogP contribution is -2.10. The molecule has 3 aromatic rings. The van der Waals surface area contributed by atoms with E-state index in [0.29, 0.717) is 17.2 Å². The number of hydrogen-bond acceptors (Lipinski definition) is 5. The van der Waals surface area contributed by atoms with E-state index in [4.69, 9.17) is 4.74 Å². The van der Waals surface area contributed by atoms with Crippen LogP contribution in [0.25, 0.3) is 0 Å². The molecule has 6 heteroatoms. The van der Waals surface area contributed by atoms with Crippen molar-refractivity contribution in [3.63, 3.8) is 0 Å². The normalized spacial score (nSPS) is 10.2. The van der Waals surface area contributed by atoms with E-state index >= 15 is 0 Å². The molecular formula is C16H13N3O2S. The van der Waals surface area contributed by atoms with Crippen LogP contribution in [0.2, 0.25) is 0 Å². The number of ether oxygens (including phenoxy) is 1. The molecule has 0 fully saturated rings. The number of amides is 1. The summed E-state index contributed by atoms with van der Waals surface area (Å²) in [6.45, 7) is 1.88. The zero-order valence-electron chi connectivity index (χ0n) is 11.8. The third kappa shape index (κ3) is 3.48. The average Bonchev–Trinajstić information content (AvgIpc) is 2.93. The molecule has 0 aliphatic heterocycles. The number of rotatable bonds is 4. The Labute approximate surface area is 131 Å². The molecule has 0 spiro atoms. The quantitative estimate of drug-likeness (QED) is 0.794. The van der Waals surface area contributed by atoms with Crippen molar-refractivity contribution in [1.29, 1.82) is 0 Å². The predicted octanol–water partition coefficient (Wildman–Crippen LogP) is 3.89. The summed E-state index contributed by atoms with van der Waals surface area (Å²) in [6.07, 6.45) is 1.65. The molecule has 1 aromatic carbocycles. The van der Waals surface area contributed by atoms with E-state index in [-0.39, 0.29) is 5.91 Å². The molecule has 0 aliphatic carbocycles. The van der Waals surface area contributed by atoms with E-state index < -0.39 is 0 Å². The molecule has 0 radical (unpaired) electrons. The number of hydrogen-bond donors (Lipinski definition) is 1. The van der Waals surface area contributed by atoms with Crippen LogP contribution in [0.5, 0.6) is 11.6 Å². The third-order valence-electron chi connectivity index (χ3n) is 2.82. The Bertz CT molecular complexity index is 787. The maximum atomic E-state index is 12.2. The third-order valence-corrected chi connectivity index (χ3v) is 3.62. The smallest absolute Gasteiger partial charge is 0.256 e. The second-order valence-electron chi connectivity index (χ2n) is 4.58. The molecule has 3 rings (SSSR count). The van der Waals surface area contributed by atoms with Gasteiger partial charge in [-0.25, -0.2) is 4.98 Å². The van der Waals surface area contributed by atoms with Crippen molar-refractivity contribution < 1.29 is 9.53 Å². The zero-order chi connectivity index (χ0) is 15.4. The van der Waals surface area contributed by atoms with Crippen molar-refractivity contribution >= 4 is 22.4 Å². The molecule has 0 bridgehead atoms. The first kappa shape index (κ1) is 14.2. The molecule has 0 unspecified atom stereocenters. The Kier molecular flexibility index (Phi) is 4.11. The monoisotopic (exact) mass is 311 g/mol. The second kappa shape index (κ2) is 6.36. The van der Waals surface area contributed by atoms with E-state index in [9.17, 15) is 4.79 Å². The minimum absolute atomic E-state index is 0.199. The molecular weight excluding hydrogens is 298 g/mol. The number of carbonyl (C=O) groups excluding carboxylic acids is 1. The topological polar surface area (TPSA) is 64.1 Å². The molecule has 0 saturated heterocycles. The minimum atomic E-state index is -0.199. The van der Waals surface area contributed by atoms with Gasteiger partial charge in [0.1, 0.15) is 10.8 Å². The molecule has 5 nitrogen and oxygen atoms in total. The largest absolute Gasteiger partial charge is 0.439 e. The van der Waals surface area contributed by atoms with Crippen LogP contribution in [-0.4, -0.2) is 15.3 Å². The number of aromatic nitrogens is 2. The van der Waals surface area contributed by atoms with Crippen molar-refractivity contribution in [2.24, 2.45) is 0 Å². The highest BCUT2D eigenvalue weighted by Gasteiger charge is 2.09. The van der Waals surface area contributed by atoms with Crippen LogP contribution in [0, 0.1) is 6.92 Å². The molecule has 2 aromatic heterocycles. The van der Waals surface area contributed by atoms with Gasteiger partial charge in [-0.15, -0.1) is 0 Å². The van der Waals surface area contributed by atoms with Gasteiger partial charge in [-0.2, -0.15) is 4.37 Å². The number of anilines is 1. The lowest BCUT2D eigenvalue weighted by molar-refractivity contribution is 0.102. The van der Waals surface area contributed by atoms with Crippen LogP contribution in [0.4, 0.5) is 5.00 Å².